The molecule has 262 valence electrons. The standard InChI is InChI=1S/C34H35N5O9S2/c1-22-18-30(31(48-2)21-29(22)36-25-8-11-27(12-9-25)49(43,44)39(14-16-40)15-17-41)37-38-33-32(50(45,46)47)20-23-19-26(10-13-28(23)34(33)42)35-24-6-4-3-5-7-24/h3-13,18-21,35-36,40-42H,14-17H2,1-2H3,(H,45,46,47). The van der Waals surface area contributed by atoms with Gasteiger partial charge in [-0.3, -0.25) is 4.55 Å². The SMILES string of the molecule is COc1cc(Nc2ccc(S(=O)(=O)N(CCO)CCO)cc2)c(C)cc1N=Nc1c(S(=O)(=O)O)cc2cc(Nc3ccccc3)ccc2c1O. The lowest BCUT2D eigenvalue weighted by Crippen LogP contribution is -2.35. The Morgan fingerprint density at radius 1 is 0.780 bits per heavy atom. The van der Waals surface area contributed by atoms with Gasteiger partial charge in [-0.25, -0.2) is 8.42 Å². The summed E-state index contributed by atoms with van der Waals surface area (Å²) in [5.74, 6) is -0.268. The lowest BCUT2D eigenvalue weighted by Gasteiger charge is -2.20. The summed E-state index contributed by atoms with van der Waals surface area (Å²) in [5.41, 5.74) is 2.92. The highest BCUT2D eigenvalue weighted by Gasteiger charge is 2.24. The molecule has 0 aliphatic heterocycles. The summed E-state index contributed by atoms with van der Waals surface area (Å²) in [5, 5.41) is 44.8. The number of aliphatic hydroxyl groups excluding tert-OH is 2. The summed E-state index contributed by atoms with van der Waals surface area (Å²) in [6, 6.07) is 24.6. The number of anilines is 4. The van der Waals surface area contributed by atoms with Gasteiger partial charge in [0.2, 0.25) is 10.0 Å². The number of nitrogens with zero attached hydrogens (tertiary/aromatic N) is 3. The van der Waals surface area contributed by atoms with Gasteiger partial charge < -0.3 is 30.7 Å². The minimum atomic E-state index is -4.85. The van der Waals surface area contributed by atoms with Gasteiger partial charge in [0.15, 0.2) is 5.75 Å². The Balaban J connectivity index is 1.43. The van der Waals surface area contributed by atoms with E-state index in [-0.39, 0.29) is 34.8 Å². The summed E-state index contributed by atoms with van der Waals surface area (Å²) in [6.45, 7) is 0.664. The smallest absolute Gasteiger partial charge is 0.296 e. The van der Waals surface area contributed by atoms with E-state index in [9.17, 15) is 36.7 Å². The van der Waals surface area contributed by atoms with Crippen LogP contribution in [-0.4, -0.2) is 74.4 Å². The number of methoxy groups -OCH3 is 1. The highest BCUT2D eigenvalue weighted by atomic mass is 32.2. The molecule has 5 aromatic carbocycles. The number of ether oxygens (including phenoxy) is 1. The largest absolute Gasteiger partial charge is 0.505 e. The summed E-state index contributed by atoms with van der Waals surface area (Å²) < 4.78 is 67.3. The quantitative estimate of drug-likeness (QED) is 0.0580. The van der Waals surface area contributed by atoms with Crippen molar-refractivity contribution in [1.29, 1.82) is 0 Å². The Bertz CT molecular complexity index is 2240. The number of aliphatic hydroxyl groups is 2. The number of sulfonamides is 1. The second kappa shape index (κ2) is 15.2. The predicted molar refractivity (Wildman–Crippen MR) is 190 cm³/mol. The maximum atomic E-state index is 12.9. The van der Waals surface area contributed by atoms with Crippen LogP contribution in [0.2, 0.25) is 0 Å². The molecule has 0 fully saturated rings. The third-order valence-electron chi connectivity index (χ3n) is 7.64. The molecule has 5 aromatic rings. The van der Waals surface area contributed by atoms with Crippen molar-refractivity contribution in [1.82, 2.24) is 4.31 Å². The third kappa shape index (κ3) is 8.02. The van der Waals surface area contributed by atoms with Crippen molar-refractivity contribution >= 4 is 65.0 Å². The lowest BCUT2D eigenvalue weighted by atomic mass is 10.1. The number of aromatic hydroxyl groups is 1. The minimum absolute atomic E-state index is 0.0134. The summed E-state index contributed by atoms with van der Waals surface area (Å²) in [7, 11) is -7.39. The summed E-state index contributed by atoms with van der Waals surface area (Å²) in [6.07, 6.45) is 0. The molecule has 0 aliphatic carbocycles. The number of phenols is 1. The van der Waals surface area contributed by atoms with Crippen LogP contribution in [0.1, 0.15) is 5.56 Å². The monoisotopic (exact) mass is 721 g/mol. The summed E-state index contributed by atoms with van der Waals surface area (Å²) >= 11 is 0. The van der Waals surface area contributed by atoms with Gasteiger partial charge in [-0.05, 0) is 84.6 Å². The van der Waals surface area contributed by atoms with E-state index >= 15 is 0 Å². The van der Waals surface area contributed by atoms with Crippen LogP contribution in [-0.2, 0) is 20.1 Å². The van der Waals surface area contributed by atoms with E-state index < -0.39 is 49.7 Å². The molecule has 14 nitrogen and oxygen atoms in total. The van der Waals surface area contributed by atoms with E-state index in [2.05, 4.69) is 20.9 Å². The van der Waals surface area contributed by atoms with Gasteiger partial charge in [0.25, 0.3) is 10.1 Å². The number of phenolic OH excluding ortho intramolecular Hbond substituents is 1. The average molecular weight is 722 g/mol. The molecule has 0 atom stereocenters. The fraction of sp³-hybridized carbons (Fsp3) is 0.176. The Hall–Kier alpha value is -5.10. The van der Waals surface area contributed by atoms with Crippen molar-refractivity contribution in [3.63, 3.8) is 0 Å². The predicted octanol–water partition coefficient (Wildman–Crippen LogP) is 5.99. The zero-order valence-electron chi connectivity index (χ0n) is 27.0. The van der Waals surface area contributed by atoms with Crippen LogP contribution in [0.4, 0.5) is 34.1 Å². The first-order valence-electron chi connectivity index (χ1n) is 15.1. The third-order valence-corrected chi connectivity index (χ3v) is 10.4. The van der Waals surface area contributed by atoms with Crippen LogP contribution in [0.3, 0.4) is 0 Å². The van der Waals surface area contributed by atoms with E-state index in [1.165, 1.54) is 25.3 Å². The van der Waals surface area contributed by atoms with Crippen molar-refractivity contribution in [3.8, 4) is 11.5 Å². The second-order valence-corrected chi connectivity index (χ2v) is 14.3. The molecule has 16 heteroatoms. The van der Waals surface area contributed by atoms with E-state index in [0.717, 1.165) is 9.99 Å². The van der Waals surface area contributed by atoms with Gasteiger partial charge in [-0.2, -0.15) is 12.7 Å². The second-order valence-electron chi connectivity index (χ2n) is 11.0. The number of hydrogen-bond acceptors (Lipinski definition) is 12. The molecule has 0 saturated heterocycles. The van der Waals surface area contributed by atoms with Crippen molar-refractivity contribution in [2.24, 2.45) is 10.2 Å². The van der Waals surface area contributed by atoms with Crippen LogP contribution >= 0.6 is 0 Å². The molecule has 0 aliphatic rings. The van der Waals surface area contributed by atoms with E-state index in [0.29, 0.717) is 28.0 Å². The van der Waals surface area contributed by atoms with Gasteiger partial charge in [-0.1, -0.05) is 18.2 Å². The molecule has 6 N–H and O–H groups in total. The number of fused-ring (bicyclic) bond motifs is 1. The van der Waals surface area contributed by atoms with E-state index in [1.807, 2.05) is 30.3 Å². The van der Waals surface area contributed by atoms with Crippen molar-refractivity contribution in [2.75, 3.05) is 44.0 Å². The zero-order valence-corrected chi connectivity index (χ0v) is 28.6. The Kier molecular flexibility index (Phi) is 11.0. The Morgan fingerprint density at radius 2 is 1.42 bits per heavy atom. The molecule has 0 unspecified atom stereocenters. The highest BCUT2D eigenvalue weighted by molar-refractivity contribution is 7.89. The van der Waals surface area contributed by atoms with Crippen molar-refractivity contribution in [2.45, 2.75) is 16.7 Å². The van der Waals surface area contributed by atoms with Crippen LogP contribution in [0.5, 0.6) is 11.5 Å². The highest BCUT2D eigenvalue weighted by Crippen LogP contribution is 2.43. The lowest BCUT2D eigenvalue weighted by molar-refractivity contribution is 0.217. The molecule has 0 amide bonds. The number of hydrogen-bond donors (Lipinski definition) is 6. The molecule has 0 radical (unpaired) electrons. The normalized spacial score (nSPS) is 12.1. The topological polar surface area (TPSA) is 210 Å². The molecule has 50 heavy (non-hydrogen) atoms. The van der Waals surface area contributed by atoms with Crippen molar-refractivity contribution in [3.05, 3.63) is 96.6 Å². The zero-order chi connectivity index (χ0) is 36.1. The number of azo groups is 1. The molecular weight excluding hydrogens is 687 g/mol. The maximum Gasteiger partial charge on any atom is 0.296 e. The summed E-state index contributed by atoms with van der Waals surface area (Å²) in [4.78, 5) is -0.654. The first-order valence-corrected chi connectivity index (χ1v) is 18.0. The molecular formula is C34H35N5O9S2. The Labute approximate surface area is 289 Å². The van der Waals surface area contributed by atoms with Gasteiger partial charge in [0, 0.05) is 47.3 Å². The fourth-order valence-corrected chi connectivity index (χ4v) is 7.23. The minimum Gasteiger partial charge on any atom is -0.505 e. The van der Waals surface area contributed by atoms with E-state index in [4.69, 9.17) is 4.74 Å². The molecule has 0 heterocycles. The number of aryl methyl sites for hydroxylation is 1. The van der Waals surface area contributed by atoms with E-state index in [1.54, 1.807) is 49.4 Å². The fourth-order valence-electron chi connectivity index (χ4n) is 5.15. The molecule has 0 spiro atoms. The molecule has 0 aromatic heterocycles. The molecule has 5 rings (SSSR count). The van der Waals surface area contributed by atoms with Gasteiger partial charge in [0.05, 0.1) is 25.2 Å². The molecule has 0 saturated carbocycles. The molecule has 0 bridgehead atoms. The number of nitrogens with one attached hydrogen (secondary N) is 2. The van der Waals surface area contributed by atoms with Crippen LogP contribution < -0.4 is 15.4 Å². The van der Waals surface area contributed by atoms with Gasteiger partial charge >= 0.3 is 0 Å². The average Bonchev–Trinajstić information content (AvgIpc) is 3.09. The van der Waals surface area contributed by atoms with Crippen LogP contribution in [0.15, 0.2) is 111 Å². The Morgan fingerprint density at radius 3 is 2.04 bits per heavy atom. The first-order chi connectivity index (χ1) is 23.8. The van der Waals surface area contributed by atoms with Crippen LogP contribution in [0, 0.1) is 6.92 Å². The maximum absolute atomic E-state index is 12.9. The van der Waals surface area contributed by atoms with Gasteiger partial charge in [0.1, 0.15) is 22.0 Å². The number of para-hydroxylation sites is 1. The van der Waals surface area contributed by atoms with Crippen LogP contribution in [0.25, 0.3) is 10.8 Å². The van der Waals surface area contributed by atoms with Gasteiger partial charge in [-0.15, -0.1) is 10.2 Å². The van der Waals surface area contributed by atoms with Crippen molar-refractivity contribution < 1.29 is 41.4 Å². The number of benzene rings is 5. The first kappa shape index (κ1) is 36.2. The number of rotatable bonds is 14.